The molecule has 2 fully saturated rings. The summed E-state index contributed by atoms with van der Waals surface area (Å²) in [7, 11) is 2.14. The Labute approximate surface area is 103 Å². The molecular weight excluding hydrogens is 216 g/mol. The highest BCUT2D eigenvalue weighted by atomic mass is 16.4. The molecule has 98 valence electrons. The van der Waals surface area contributed by atoms with Gasteiger partial charge in [0.2, 0.25) is 0 Å². The second-order valence-corrected chi connectivity index (χ2v) is 5.65. The van der Waals surface area contributed by atoms with Crippen molar-refractivity contribution in [3.05, 3.63) is 0 Å². The van der Waals surface area contributed by atoms with Gasteiger partial charge in [0.15, 0.2) is 0 Å². The van der Waals surface area contributed by atoms with Gasteiger partial charge in [-0.2, -0.15) is 0 Å². The number of rotatable bonds is 4. The van der Waals surface area contributed by atoms with Crippen LogP contribution in [0.4, 0.5) is 0 Å². The summed E-state index contributed by atoms with van der Waals surface area (Å²) in [4.78, 5) is 13.5. The van der Waals surface area contributed by atoms with Crippen LogP contribution in [0.5, 0.6) is 0 Å². The lowest BCUT2D eigenvalue weighted by atomic mass is 9.79. The first-order valence-electron chi connectivity index (χ1n) is 6.81. The Morgan fingerprint density at radius 1 is 1.35 bits per heavy atom. The average Bonchev–Trinajstić information content (AvgIpc) is 2.73. The first-order valence-corrected chi connectivity index (χ1v) is 6.81. The number of likely N-dealkylation sites (N-methyl/N-ethyl adjacent to an activating group) is 1. The molecule has 2 rings (SSSR count). The van der Waals surface area contributed by atoms with Crippen molar-refractivity contribution < 1.29 is 9.90 Å². The number of nitrogens with one attached hydrogen (secondary N) is 1. The number of hydrogen-bond donors (Lipinski definition) is 2. The van der Waals surface area contributed by atoms with Crippen LogP contribution >= 0.6 is 0 Å². The molecule has 0 bridgehead atoms. The molecule has 4 heteroatoms. The molecule has 2 N–H and O–H groups in total. The van der Waals surface area contributed by atoms with Crippen LogP contribution < -0.4 is 5.32 Å². The molecule has 1 aliphatic carbocycles. The van der Waals surface area contributed by atoms with E-state index in [9.17, 15) is 9.90 Å². The van der Waals surface area contributed by atoms with E-state index in [0.29, 0.717) is 12.0 Å². The number of carboxylic acids is 1. The Balaban J connectivity index is 1.78. The van der Waals surface area contributed by atoms with Crippen LogP contribution in [-0.2, 0) is 4.79 Å². The smallest absolute Gasteiger partial charge is 0.306 e. The largest absolute Gasteiger partial charge is 0.481 e. The predicted octanol–water partition coefficient (Wildman–Crippen LogP) is 1.17. The van der Waals surface area contributed by atoms with Crippen LogP contribution in [0.25, 0.3) is 0 Å². The van der Waals surface area contributed by atoms with Crippen LogP contribution in [0.1, 0.15) is 32.1 Å². The Hall–Kier alpha value is -0.610. The maximum absolute atomic E-state index is 11.2. The van der Waals surface area contributed by atoms with E-state index < -0.39 is 5.97 Å². The lowest BCUT2D eigenvalue weighted by Gasteiger charge is -2.29. The van der Waals surface area contributed by atoms with Gasteiger partial charge in [0.05, 0.1) is 5.92 Å². The number of nitrogens with zero attached hydrogens (tertiary/aromatic N) is 1. The molecule has 0 spiro atoms. The minimum atomic E-state index is -0.597. The molecule has 0 radical (unpaired) electrons. The van der Waals surface area contributed by atoms with Crippen molar-refractivity contribution in [1.82, 2.24) is 10.2 Å². The molecule has 0 amide bonds. The van der Waals surface area contributed by atoms with Gasteiger partial charge in [0.25, 0.3) is 0 Å². The fourth-order valence-corrected chi connectivity index (χ4v) is 3.20. The second-order valence-electron chi connectivity index (χ2n) is 5.65. The predicted molar refractivity (Wildman–Crippen MR) is 67.0 cm³/mol. The van der Waals surface area contributed by atoms with Gasteiger partial charge in [-0.15, -0.1) is 0 Å². The van der Waals surface area contributed by atoms with E-state index in [0.717, 1.165) is 38.9 Å². The summed E-state index contributed by atoms with van der Waals surface area (Å²) < 4.78 is 0. The van der Waals surface area contributed by atoms with E-state index in [1.54, 1.807) is 0 Å². The summed E-state index contributed by atoms with van der Waals surface area (Å²) in [6.07, 6.45) is 5.42. The SMILES string of the molecule is CN1CCC(NCC2CCCCC2C(=O)O)C1. The van der Waals surface area contributed by atoms with Crippen molar-refractivity contribution in [3.63, 3.8) is 0 Å². The highest BCUT2D eigenvalue weighted by Crippen LogP contribution is 2.30. The number of likely N-dealkylation sites (tertiary alicyclic amines) is 1. The molecule has 3 atom stereocenters. The van der Waals surface area contributed by atoms with Crippen LogP contribution in [0.3, 0.4) is 0 Å². The van der Waals surface area contributed by atoms with Crippen LogP contribution in [-0.4, -0.2) is 48.7 Å². The standard InChI is InChI=1S/C13H24N2O2/c1-15-7-6-11(9-15)14-8-10-4-2-3-5-12(10)13(16)17/h10-12,14H,2-9H2,1H3,(H,16,17). The fraction of sp³-hybridized carbons (Fsp3) is 0.923. The zero-order chi connectivity index (χ0) is 12.3. The van der Waals surface area contributed by atoms with Crippen molar-refractivity contribution in [1.29, 1.82) is 0 Å². The Morgan fingerprint density at radius 3 is 2.76 bits per heavy atom. The van der Waals surface area contributed by atoms with E-state index in [4.69, 9.17) is 0 Å². The third-order valence-corrected chi connectivity index (χ3v) is 4.29. The van der Waals surface area contributed by atoms with Gasteiger partial charge in [-0.1, -0.05) is 12.8 Å². The molecule has 1 saturated heterocycles. The summed E-state index contributed by atoms with van der Waals surface area (Å²) in [6.45, 7) is 3.14. The summed E-state index contributed by atoms with van der Waals surface area (Å²) >= 11 is 0. The first-order chi connectivity index (χ1) is 8.16. The zero-order valence-corrected chi connectivity index (χ0v) is 10.7. The quantitative estimate of drug-likeness (QED) is 0.774. The maximum Gasteiger partial charge on any atom is 0.306 e. The lowest BCUT2D eigenvalue weighted by molar-refractivity contribution is -0.144. The fourth-order valence-electron chi connectivity index (χ4n) is 3.20. The van der Waals surface area contributed by atoms with Crippen molar-refractivity contribution in [3.8, 4) is 0 Å². The second kappa shape index (κ2) is 5.83. The van der Waals surface area contributed by atoms with Gasteiger partial charge in [-0.25, -0.2) is 0 Å². The summed E-state index contributed by atoms with van der Waals surface area (Å²) in [5.74, 6) is -0.373. The van der Waals surface area contributed by atoms with E-state index in [2.05, 4.69) is 17.3 Å². The molecule has 1 aliphatic heterocycles. The van der Waals surface area contributed by atoms with E-state index >= 15 is 0 Å². The maximum atomic E-state index is 11.2. The first kappa shape index (κ1) is 12.8. The lowest BCUT2D eigenvalue weighted by Crippen LogP contribution is -2.40. The van der Waals surface area contributed by atoms with Gasteiger partial charge < -0.3 is 15.3 Å². The Bertz CT molecular complexity index is 270. The number of aliphatic carboxylic acids is 1. The molecule has 17 heavy (non-hydrogen) atoms. The van der Waals surface area contributed by atoms with E-state index in [1.807, 2.05) is 0 Å². The minimum absolute atomic E-state index is 0.115. The monoisotopic (exact) mass is 240 g/mol. The van der Waals surface area contributed by atoms with Gasteiger partial charge in [-0.3, -0.25) is 4.79 Å². The third-order valence-electron chi connectivity index (χ3n) is 4.29. The number of carbonyl (C=O) groups is 1. The molecular formula is C13H24N2O2. The normalized spacial score (nSPS) is 35.0. The summed E-state index contributed by atoms with van der Waals surface area (Å²) in [5.41, 5.74) is 0. The van der Waals surface area contributed by atoms with Crippen molar-refractivity contribution in [2.45, 2.75) is 38.1 Å². The highest BCUT2D eigenvalue weighted by Gasteiger charge is 2.31. The van der Waals surface area contributed by atoms with Crippen molar-refractivity contribution in [2.24, 2.45) is 11.8 Å². The topological polar surface area (TPSA) is 52.6 Å². The van der Waals surface area contributed by atoms with Crippen molar-refractivity contribution >= 4 is 5.97 Å². The molecule has 4 nitrogen and oxygen atoms in total. The number of hydrogen-bond acceptors (Lipinski definition) is 3. The van der Waals surface area contributed by atoms with E-state index in [1.165, 1.54) is 12.8 Å². The molecule has 0 aromatic heterocycles. The molecule has 1 heterocycles. The van der Waals surface area contributed by atoms with Crippen LogP contribution in [0.15, 0.2) is 0 Å². The van der Waals surface area contributed by atoms with Gasteiger partial charge in [-0.05, 0) is 45.3 Å². The van der Waals surface area contributed by atoms with Crippen LogP contribution in [0, 0.1) is 11.8 Å². The third kappa shape index (κ3) is 3.42. The van der Waals surface area contributed by atoms with Gasteiger partial charge in [0, 0.05) is 12.6 Å². The average molecular weight is 240 g/mol. The Kier molecular flexibility index (Phi) is 4.40. The van der Waals surface area contributed by atoms with E-state index in [-0.39, 0.29) is 5.92 Å². The zero-order valence-electron chi connectivity index (χ0n) is 10.7. The molecule has 0 aromatic rings. The number of carboxylic acid groups (broad SMARTS) is 1. The molecule has 3 unspecified atom stereocenters. The van der Waals surface area contributed by atoms with Gasteiger partial charge >= 0.3 is 5.97 Å². The Morgan fingerprint density at radius 2 is 2.12 bits per heavy atom. The summed E-state index contributed by atoms with van der Waals surface area (Å²) in [6, 6.07) is 0.566. The highest BCUT2D eigenvalue weighted by molar-refractivity contribution is 5.70. The van der Waals surface area contributed by atoms with Crippen molar-refractivity contribution in [2.75, 3.05) is 26.7 Å². The van der Waals surface area contributed by atoms with Crippen LogP contribution in [0.2, 0.25) is 0 Å². The summed E-state index contributed by atoms with van der Waals surface area (Å²) in [5, 5.41) is 12.8. The minimum Gasteiger partial charge on any atom is -0.481 e. The van der Waals surface area contributed by atoms with Gasteiger partial charge in [0.1, 0.15) is 0 Å². The molecule has 0 aromatic carbocycles. The molecule has 1 saturated carbocycles. The molecule has 2 aliphatic rings.